The lowest BCUT2D eigenvalue weighted by Crippen LogP contribution is -2.24. The highest BCUT2D eigenvalue weighted by Crippen LogP contribution is 2.27. The van der Waals surface area contributed by atoms with Crippen LogP contribution in [0.15, 0.2) is 47.6 Å². The Hall–Kier alpha value is -3.44. The lowest BCUT2D eigenvalue weighted by Gasteiger charge is -2.08. The number of rotatable bonds is 8. The second-order valence-electron chi connectivity index (χ2n) is 6.77. The summed E-state index contributed by atoms with van der Waals surface area (Å²) in [5, 5.41) is 25.0. The number of non-ortho nitro benzene ring substituents is 1. The van der Waals surface area contributed by atoms with Crippen LogP contribution in [0.2, 0.25) is 5.02 Å². The van der Waals surface area contributed by atoms with Crippen molar-refractivity contribution in [3.63, 3.8) is 0 Å². The van der Waals surface area contributed by atoms with E-state index in [0.29, 0.717) is 16.5 Å². The Morgan fingerprint density at radius 1 is 1.22 bits per heavy atom. The molecule has 166 valence electrons. The zero-order valence-electron chi connectivity index (χ0n) is 17.2. The summed E-state index contributed by atoms with van der Waals surface area (Å²) in [6.07, 6.45) is 0. The van der Waals surface area contributed by atoms with Crippen LogP contribution in [-0.2, 0) is 18.4 Å². The van der Waals surface area contributed by atoms with Gasteiger partial charge in [0.15, 0.2) is 11.0 Å². The first kappa shape index (κ1) is 23.2. The minimum absolute atomic E-state index is 0.0132. The van der Waals surface area contributed by atoms with Crippen LogP contribution < -0.4 is 10.6 Å². The molecule has 32 heavy (non-hydrogen) atoms. The number of amides is 2. The number of nitrogens with one attached hydrogen (secondary N) is 2. The van der Waals surface area contributed by atoms with Gasteiger partial charge in [-0.15, -0.1) is 10.2 Å². The Labute approximate surface area is 192 Å². The van der Waals surface area contributed by atoms with Gasteiger partial charge in [-0.05, 0) is 25.1 Å². The number of halogens is 1. The van der Waals surface area contributed by atoms with Gasteiger partial charge >= 0.3 is 0 Å². The van der Waals surface area contributed by atoms with E-state index in [4.69, 9.17) is 11.6 Å². The maximum Gasteiger partial charge on any atom is 0.271 e. The molecule has 0 radical (unpaired) electrons. The van der Waals surface area contributed by atoms with Crippen molar-refractivity contribution in [1.29, 1.82) is 0 Å². The second-order valence-corrected chi connectivity index (χ2v) is 8.12. The van der Waals surface area contributed by atoms with E-state index in [9.17, 15) is 19.7 Å². The van der Waals surface area contributed by atoms with Crippen molar-refractivity contribution in [2.45, 2.75) is 18.6 Å². The Balaban J connectivity index is 1.55. The van der Waals surface area contributed by atoms with Gasteiger partial charge in [0.25, 0.3) is 11.6 Å². The van der Waals surface area contributed by atoms with Crippen LogP contribution in [0, 0.1) is 17.0 Å². The van der Waals surface area contributed by atoms with Crippen LogP contribution in [0.1, 0.15) is 21.7 Å². The summed E-state index contributed by atoms with van der Waals surface area (Å²) in [6, 6.07) is 11.0. The highest BCUT2D eigenvalue weighted by atomic mass is 35.5. The largest absolute Gasteiger partial charge is 0.345 e. The third kappa shape index (κ3) is 5.83. The minimum Gasteiger partial charge on any atom is -0.345 e. The molecule has 0 bridgehead atoms. The zero-order chi connectivity index (χ0) is 23.3. The number of aromatic nitrogens is 3. The van der Waals surface area contributed by atoms with Gasteiger partial charge in [0.1, 0.15) is 0 Å². The maximum absolute atomic E-state index is 12.3. The molecule has 0 saturated heterocycles. The van der Waals surface area contributed by atoms with E-state index in [2.05, 4.69) is 20.8 Å². The van der Waals surface area contributed by atoms with Crippen molar-refractivity contribution in [2.24, 2.45) is 7.05 Å². The number of nitrogens with zero attached hydrogens (tertiary/aromatic N) is 4. The zero-order valence-corrected chi connectivity index (χ0v) is 18.7. The second kappa shape index (κ2) is 10.2. The number of hydrogen-bond donors (Lipinski definition) is 2. The van der Waals surface area contributed by atoms with Crippen molar-refractivity contribution in [3.8, 4) is 0 Å². The van der Waals surface area contributed by atoms with Crippen molar-refractivity contribution in [3.05, 3.63) is 74.6 Å². The monoisotopic (exact) mass is 474 g/mol. The fourth-order valence-electron chi connectivity index (χ4n) is 2.71. The molecule has 0 spiro atoms. The summed E-state index contributed by atoms with van der Waals surface area (Å²) in [5.74, 6) is -0.120. The average molecular weight is 475 g/mol. The van der Waals surface area contributed by atoms with E-state index < -0.39 is 10.8 Å². The minimum atomic E-state index is -0.570. The molecular weight excluding hydrogens is 456 g/mol. The SMILES string of the molecule is Cc1cccc(C(=O)NCc2nnc(SCC(=O)Nc3cc([N+](=O)[O-])ccc3Cl)n2C)c1. The Kier molecular flexibility index (Phi) is 7.44. The third-order valence-electron chi connectivity index (χ3n) is 4.38. The number of carbonyl (C=O) groups excluding carboxylic acids is 2. The fourth-order valence-corrected chi connectivity index (χ4v) is 3.61. The molecule has 0 aliphatic heterocycles. The van der Waals surface area contributed by atoms with E-state index in [1.807, 2.05) is 19.1 Å². The molecule has 0 atom stereocenters. The number of anilines is 1. The van der Waals surface area contributed by atoms with E-state index in [1.165, 1.54) is 18.2 Å². The van der Waals surface area contributed by atoms with E-state index >= 15 is 0 Å². The van der Waals surface area contributed by atoms with Gasteiger partial charge in [0.2, 0.25) is 5.91 Å². The number of thioether (sulfide) groups is 1. The molecular formula is C20H19ClN6O4S. The van der Waals surface area contributed by atoms with Crippen LogP contribution in [0.25, 0.3) is 0 Å². The first-order chi connectivity index (χ1) is 15.2. The van der Waals surface area contributed by atoms with Crippen LogP contribution in [0.3, 0.4) is 0 Å². The van der Waals surface area contributed by atoms with Gasteiger partial charge < -0.3 is 15.2 Å². The van der Waals surface area contributed by atoms with Gasteiger partial charge in [0, 0.05) is 24.7 Å². The summed E-state index contributed by atoms with van der Waals surface area (Å²) in [5.41, 5.74) is 1.52. The van der Waals surface area contributed by atoms with Gasteiger partial charge in [0.05, 0.1) is 27.9 Å². The summed E-state index contributed by atoms with van der Waals surface area (Å²) in [6.45, 7) is 2.08. The molecule has 0 aliphatic carbocycles. The van der Waals surface area contributed by atoms with Crippen LogP contribution in [-0.4, -0.2) is 37.3 Å². The molecule has 0 aliphatic rings. The molecule has 1 heterocycles. The van der Waals surface area contributed by atoms with Crippen LogP contribution in [0.5, 0.6) is 0 Å². The number of benzene rings is 2. The number of hydrogen-bond acceptors (Lipinski definition) is 7. The summed E-state index contributed by atoms with van der Waals surface area (Å²) >= 11 is 7.13. The van der Waals surface area contributed by atoms with Crippen molar-refractivity contribution < 1.29 is 14.5 Å². The van der Waals surface area contributed by atoms with Gasteiger partial charge in [-0.2, -0.15) is 0 Å². The average Bonchev–Trinajstić information content (AvgIpc) is 3.11. The lowest BCUT2D eigenvalue weighted by molar-refractivity contribution is -0.384. The topological polar surface area (TPSA) is 132 Å². The van der Waals surface area contributed by atoms with Crippen molar-refractivity contribution in [2.75, 3.05) is 11.1 Å². The van der Waals surface area contributed by atoms with Gasteiger partial charge in [-0.3, -0.25) is 19.7 Å². The summed E-state index contributed by atoms with van der Waals surface area (Å²) in [7, 11) is 1.73. The molecule has 1 aromatic heterocycles. The molecule has 3 rings (SSSR count). The normalized spacial score (nSPS) is 10.6. The maximum atomic E-state index is 12.3. The molecule has 3 aromatic rings. The van der Waals surface area contributed by atoms with Crippen molar-refractivity contribution in [1.82, 2.24) is 20.1 Å². The van der Waals surface area contributed by atoms with Gasteiger partial charge in [-0.25, -0.2) is 0 Å². The molecule has 2 aromatic carbocycles. The standard InChI is InChI=1S/C20H19ClN6O4S/c1-12-4-3-5-13(8-12)19(29)22-10-17-24-25-20(26(17)2)32-11-18(28)23-16-9-14(27(30)31)6-7-15(16)21/h3-9H,10-11H2,1-2H3,(H,22,29)(H,23,28). The number of nitro groups is 1. The first-order valence-electron chi connectivity index (χ1n) is 9.34. The number of aryl methyl sites for hydroxylation is 1. The lowest BCUT2D eigenvalue weighted by atomic mass is 10.1. The predicted octanol–water partition coefficient (Wildman–Crippen LogP) is 3.35. The quantitative estimate of drug-likeness (QED) is 0.290. The van der Waals surface area contributed by atoms with E-state index in [0.717, 1.165) is 17.3 Å². The van der Waals surface area contributed by atoms with Gasteiger partial charge in [-0.1, -0.05) is 41.1 Å². The Bertz CT molecular complexity index is 1180. The fraction of sp³-hybridized carbons (Fsp3) is 0.200. The highest BCUT2D eigenvalue weighted by molar-refractivity contribution is 7.99. The van der Waals surface area contributed by atoms with E-state index in [-0.39, 0.29) is 34.6 Å². The molecule has 0 fully saturated rings. The third-order valence-corrected chi connectivity index (χ3v) is 5.73. The summed E-state index contributed by atoms with van der Waals surface area (Å²) in [4.78, 5) is 34.9. The highest BCUT2D eigenvalue weighted by Gasteiger charge is 2.15. The molecule has 2 amide bonds. The molecule has 2 N–H and O–H groups in total. The number of carbonyl (C=O) groups is 2. The molecule has 0 saturated carbocycles. The Morgan fingerprint density at radius 3 is 2.72 bits per heavy atom. The molecule has 12 heteroatoms. The molecule has 0 unspecified atom stereocenters. The smallest absolute Gasteiger partial charge is 0.271 e. The predicted molar refractivity (Wildman–Crippen MR) is 121 cm³/mol. The first-order valence-corrected chi connectivity index (χ1v) is 10.7. The van der Waals surface area contributed by atoms with Crippen LogP contribution >= 0.6 is 23.4 Å². The van der Waals surface area contributed by atoms with E-state index in [1.54, 1.807) is 23.7 Å². The Morgan fingerprint density at radius 2 is 2.00 bits per heavy atom. The van der Waals surface area contributed by atoms with Crippen molar-refractivity contribution >= 4 is 46.6 Å². The summed E-state index contributed by atoms with van der Waals surface area (Å²) < 4.78 is 1.68. The molecule has 10 nitrogen and oxygen atoms in total. The number of nitro benzene ring substituents is 1. The van der Waals surface area contributed by atoms with Crippen LogP contribution in [0.4, 0.5) is 11.4 Å².